The first-order valence-corrected chi connectivity index (χ1v) is 8.40. The predicted octanol–water partition coefficient (Wildman–Crippen LogP) is 2.58. The largest absolute Gasteiger partial charge is 0.490 e. The van der Waals surface area contributed by atoms with Crippen molar-refractivity contribution in [3.05, 3.63) is 53.9 Å². The molecule has 1 aromatic heterocycles. The summed E-state index contributed by atoms with van der Waals surface area (Å²) in [5.74, 6) is -0.336. The summed E-state index contributed by atoms with van der Waals surface area (Å²) in [6.07, 6.45) is 0.430. The average molecular weight is 361 g/mol. The third-order valence-corrected chi connectivity index (χ3v) is 3.59. The Morgan fingerprint density at radius 2 is 1.81 bits per heavy atom. The maximum absolute atomic E-state index is 11.0. The van der Waals surface area contributed by atoms with Gasteiger partial charge in [-0.25, -0.2) is 4.79 Å². The van der Waals surface area contributed by atoms with Gasteiger partial charge in [-0.05, 0) is 49.2 Å². The van der Waals surface area contributed by atoms with Crippen molar-refractivity contribution in [3.8, 4) is 11.5 Å². The first-order valence-electron chi connectivity index (χ1n) is 8.40. The summed E-state index contributed by atoms with van der Waals surface area (Å²) in [6, 6.07) is 10.1. The Morgan fingerprint density at radius 3 is 2.35 bits per heavy atom. The number of rotatable bonds is 10. The van der Waals surface area contributed by atoms with E-state index in [9.17, 15) is 9.90 Å². The molecule has 0 aliphatic rings. The van der Waals surface area contributed by atoms with E-state index >= 15 is 0 Å². The van der Waals surface area contributed by atoms with Crippen molar-refractivity contribution in [2.75, 3.05) is 13.2 Å². The van der Waals surface area contributed by atoms with Gasteiger partial charge in [0.1, 0.15) is 24.2 Å². The lowest BCUT2D eigenvalue weighted by molar-refractivity contribution is -0.170. The summed E-state index contributed by atoms with van der Waals surface area (Å²) in [5, 5.41) is 19.1. The SMILES string of the molecule is CCO[C@H](Oc1ccc(OC[C@@H](O)c2ccc(CC)cn2)cc1)C(=O)O. The highest BCUT2D eigenvalue weighted by Gasteiger charge is 2.19. The van der Waals surface area contributed by atoms with Gasteiger partial charge in [-0.3, -0.25) is 4.98 Å². The van der Waals surface area contributed by atoms with Gasteiger partial charge in [0.15, 0.2) is 0 Å². The van der Waals surface area contributed by atoms with Crippen LogP contribution in [0.15, 0.2) is 42.6 Å². The Bertz CT molecular complexity index is 686. The Hall–Kier alpha value is -2.64. The highest BCUT2D eigenvalue weighted by molar-refractivity contribution is 5.71. The van der Waals surface area contributed by atoms with E-state index in [1.54, 1.807) is 43.5 Å². The Labute approximate surface area is 152 Å². The van der Waals surface area contributed by atoms with Gasteiger partial charge < -0.3 is 24.4 Å². The summed E-state index contributed by atoms with van der Waals surface area (Å²) in [5.41, 5.74) is 1.65. The molecule has 2 aromatic rings. The number of carbonyl (C=O) groups is 1. The van der Waals surface area contributed by atoms with Crippen LogP contribution in [0.5, 0.6) is 11.5 Å². The van der Waals surface area contributed by atoms with E-state index in [0.717, 1.165) is 12.0 Å². The highest BCUT2D eigenvalue weighted by Crippen LogP contribution is 2.20. The van der Waals surface area contributed by atoms with Gasteiger partial charge in [-0.2, -0.15) is 0 Å². The van der Waals surface area contributed by atoms with Gasteiger partial charge in [0.2, 0.25) is 0 Å². The van der Waals surface area contributed by atoms with Crippen LogP contribution >= 0.6 is 0 Å². The van der Waals surface area contributed by atoms with Crippen LogP contribution in [0.25, 0.3) is 0 Å². The minimum atomic E-state index is -1.36. The van der Waals surface area contributed by atoms with Crippen LogP contribution < -0.4 is 9.47 Å². The zero-order valence-electron chi connectivity index (χ0n) is 14.8. The molecule has 7 heteroatoms. The lowest BCUT2D eigenvalue weighted by atomic mass is 10.2. The molecule has 2 rings (SSSR count). The fourth-order valence-electron chi connectivity index (χ4n) is 2.15. The van der Waals surface area contributed by atoms with E-state index in [1.165, 1.54) is 0 Å². The van der Waals surface area contributed by atoms with Crippen molar-refractivity contribution in [1.29, 1.82) is 0 Å². The van der Waals surface area contributed by atoms with Crippen LogP contribution in [0.4, 0.5) is 0 Å². The lowest BCUT2D eigenvalue weighted by Crippen LogP contribution is -2.30. The molecule has 140 valence electrons. The van der Waals surface area contributed by atoms with Crippen LogP contribution in [0.2, 0.25) is 0 Å². The molecule has 7 nitrogen and oxygen atoms in total. The van der Waals surface area contributed by atoms with Gasteiger partial charge in [-0.15, -0.1) is 0 Å². The number of ether oxygens (including phenoxy) is 3. The van der Waals surface area contributed by atoms with Gasteiger partial charge in [-0.1, -0.05) is 13.0 Å². The van der Waals surface area contributed by atoms with Gasteiger partial charge in [0.05, 0.1) is 5.69 Å². The van der Waals surface area contributed by atoms with E-state index in [4.69, 9.17) is 19.3 Å². The summed E-state index contributed by atoms with van der Waals surface area (Å²) in [6.45, 7) is 4.00. The molecule has 0 saturated carbocycles. The number of aliphatic carboxylic acids is 1. The summed E-state index contributed by atoms with van der Waals surface area (Å²) < 4.78 is 15.8. The number of hydrogen-bond acceptors (Lipinski definition) is 6. The molecule has 0 amide bonds. The quantitative estimate of drug-likeness (QED) is 0.628. The average Bonchev–Trinajstić information content (AvgIpc) is 2.66. The van der Waals surface area contributed by atoms with Crippen molar-refractivity contribution in [2.45, 2.75) is 32.7 Å². The smallest absolute Gasteiger partial charge is 0.373 e. The molecule has 0 aliphatic carbocycles. The molecule has 0 unspecified atom stereocenters. The van der Waals surface area contributed by atoms with Gasteiger partial charge in [0, 0.05) is 12.8 Å². The molecular formula is C19H23NO6. The molecule has 1 heterocycles. The molecule has 0 spiro atoms. The van der Waals surface area contributed by atoms with E-state index in [0.29, 0.717) is 17.2 Å². The minimum absolute atomic E-state index is 0.0510. The van der Waals surface area contributed by atoms with Crippen LogP contribution in [0.3, 0.4) is 0 Å². The van der Waals surface area contributed by atoms with E-state index in [-0.39, 0.29) is 13.2 Å². The fourth-order valence-corrected chi connectivity index (χ4v) is 2.15. The summed E-state index contributed by atoms with van der Waals surface area (Å²) in [4.78, 5) is 15.2. The third-order valence-electron chi connectivity index (χ3n) is 3.59. The number of benzene rings is 1. The summed E-state index contributed by atoms with van der Waals surface area (Å²) >= 11 is 0. The lowest BCUT2D eigenvalue weighted by Gasteiger charge is -2.15. The van der Waals surface area contributed by atoms with E-state index < -0.39 is 18.4 Å². The first-order chi connectivity index (χ1) is 12.5. The molecular weight excluding hydrogens is 338 g/mol. The van der Waals surface area contributed by atoms with Crippen LogP contribution in [0.1, 0.15) is 31.2 Å². The maximum Gasteiger partial charge on any atom is 0.373 e. The second-order valence-electron chi connectivity index (χ2n) is 5.49. The fraction of sp³-hybridized carbons (Fsp3) is 0.368. The minimum Gasteiger partial charge on any atom is -0.490 e. The summed E-state index contributed by atoms with van der Waals surface area (Å²) in [7, 11) is 0. The molecule has 0 fully saturated rings. The van der Waals surface area contributed by atoms with Crippen LogP contribution in [-0.4, -0.2) is 40.7 Å². The molecule has 0 aliphatic heterocycles. The Morgan fingerprint density at radius 1 is 1.12 bits per heavy atom. The zero-order valence-corrected chi connectivity index (χ0v) is 14.8. The molecule has 2 atom stereocenters. The number of carboxylic acids is 1. The van der Waals surface area contributed by atoms with Gasteiger partial charge in [0.25, 0.3) is 6.29 Å². The van der Waals surface area contributed by atoms with E-state index in [1.807, 2.05) is 13.0 Å². The van der Waals surface area contributed by atoms with Crippen molar-refractivity contribution in [1.82, 2.24) is 4.98 Å². The molecule has 1 aromatic carbocycles. The molecule has 0 radical (unpaired) electrons. The number of aromatic nitrogens is 1. The number of carboxylic acid groups (broad SMARTS) is 1. The molecule has 0 bridgehead atoms. The van der Waals surface area contributed by atoms with Crippen molar-refractivity contribution in [2.24, 2.45) is 0 Å². The van der Waals surface area contributed by atoms with Crippen molar-refractivity contribution in [3.63, 3.8) is 0 Å². The third kappa shape index (κ3) is 5.72. The second kappa shape index (κ2) is 9.74. The van der Waals surface area contributed by atoms with Crippen LogP contribution in [-0.2, 0) is 16.0 Å². The molecule has 2 N–H and O–H groups in total. The molecule has 0 saturated heterocycles. The van der Waals surface area contributed by atoms with Crippen molar-refractivity contribution < 1.29 is 29.2 Å². The van der Waals surface area contributed by atoms with Crippen LogP contribution in [0, 0.1) is 0 Å². The molecule has 26 heavy (non-hydrogen) atoms. The Kier molecular flexibility index (Phi) is 7.37. The number of aliphatic hydroxyl groups excluding tert-OH is 1. The number of pyridine rings is 1. The van der Waals surface area contributed by atoms with Gasteiger partial charge >= 0.3 is 5.97 Å². The topological polar surface area (TPSA) is 98.1 Å². The number of aryl methyl sites for hydroxylation is 1. The predicted molar refractivity (Wildman–Crippen MR) is 94.2 cm³/mol. The highest BCUT2D eigenvalue weighted by atomic mass is 16.7. The second-order valence-corrected chi connectivity index (χ2v) is 5.49. The Balaban J connectivity index is 1.88. The standard InChI is InChI=1S/C19H23NO6/c1-3-13-5-10-16(20-11-13)17(21)12-25-14-6-8-15(9-7-14)26-19(18(22)23)24-4-2/h5-11,17,19,21H,3-4,12H2,1-2H3,(H,22,23)/t17-,19-/m1/s1. The van der Waals surface area contributed by atoms with Crippen molar-refractivity contribution >= 4 is 5.97 Å². The monoisotopic (exact) mass is 361 g/mol. The zero-order chi connectivity index (χ0) is 18.9. The number of aliphatic hydroxyl groups is 1. The number of nitrogens with zero attached hydrogens (tertiary/aromatic N) is 1. The van der Waals surface area contributed by atoms with E-state index in [2.05, 4.69) is 4.98 Å². The number of hydrogen-bond donors (Lipinski definition) is 2. The first kappa shape index (κ1) is 19.7. The normalized spacial score (nSPS) is 13.0. The maximum atomic E-state index is 11.0.